The Bertz CT molecular complexity index is 1620. The molecule has 31 heavy (non-hydrogen) atoms. The summed E-state index contributed by atoms with van der Waals surface area (Å²) in [4.78, 5) is 33.0. The van der Waals surface area contributed by atoms with Crippen LogP contribution in [0.3, 0.4) is 0 Å². The fourth-order valence-electron chi connectivity index (χ4n) is 4.97. The van der Waals surface area contributed by atoms with Gasteiger partial charge in [-0.3, -0.25) is 9.59 Å². The highest BCUT2D eigenvalue weighted by atomic mass is 16.3. The van der Waals surface area contributed by atoms with E-state index in [4.69, 9.17) is 4.42 Å². The average Bonchev–Trinajstić information content (AvgIpc) is 2.81. The second-order valence-electron chi connectivity index (χ2n) is 8.45. The first-order valence-electron chi connectivity index (χ1n) is 10.8. The highest BCUT2D eigenvalue weighted by Crippen LogP contribution is 2.34. The Balaban J connectivity index is 1.88. The van der Waals surface area contributed by atoms with Crippen LogP contribution in [0.15, 0.2) is 62.5 Å². The van der Waals surface area contributed by atoms with Gasteiger partial charge in [-0.05, 0) is 37.8 Å². The number of nitrogens with zero attached hydrogens (tertiary/aromatic N) is 1. The molecule has 0 bridgehead atoms. The third kappa shape index (κ3) is 2.62. The maximum absolute atomic E-state index is 13.7. The highest BCUT2D eigenvalue weighted by Gasteiger charge is 2.23. The van der Waals surface area contributed by atoms with Gasteiger partial charge in [0.1, 0.15) is 0 Å². The van der Waals surface area contributed by atoms with Crippen LogP contribution in [0.2, 0.25) is 0 Å². The van der Waals surface area contributed by atoms with Gasteiger partial charge in [-0.15, -0.1) is 0 Å². The molecule has 0 spiro atoms. The molecule has 0 aliphatic carbocycles. The molecular formula is C26H22N2O3. The minimum atomic E-state index is -0.131. The molecule has 5 heteroatoms. The molecule has 1 fully saturated rings. The zero-order chi connectivity index (χ0) is 21.1. The second kappa shape index (κ2) is 6.71. The minimum Gasteiger partial charge on any atom is -0.453 e. The van der Waals surface area contributed by atoms with Crippen molar-refractivity contribution < 1.29 is 4.42 Å². The Morgan fingerprint density at radius 3 is 2.26 bits per heavy atom. The molecule has 154 valence electrons. The smallest absolute Gasteiger partial charge is 0.196 e. The van der Waals surface area contributed by atoms with Crippen molar-refractivity contribution in [2.45, 2.75) is 26.2 Å². The number of aryl methyl sites for hydroxylation is 1. The van der Waals surface area contributed by atoms with Gasteiger partial charge in [-0.2, -0.15) is 0 Å². The summed E-state index contributed by atoms with van der Waals surface area (Å²) in [5, 5.41) is 1.86. The summed E-state index contributed by atoms with van der Waals surface area (Å²) in [5.41, 5.74) is 4.35. The van der Waals surface area contributed by atoms with E-state index in [1.165, 1.54) is 6.42 Å². The number of aromatic amines is 1. The van der Waals surface area contributed by atoms with Crippen molar-refractivity contribution in [1.29, 1.82) is 0 Å². The van der Waals surface area contributed by atoms with Crippen molar-refractivity contribution >= 4 is 49.4 Å². The molecular weight excluding hydrogens is 388 g/mol. The first-order valence-corrected chi connectivity index (χ1v) is 10.8. The minimum absolute atomic E-state index is 0.0917. The number of H-pyrrole nitrogens is 1. The second-order valence-corrected chi connectivity index (χ2v) is 8.45. The van der Waals surface area contributed by atoms with Crippen LogP contribution >= 0.6 is 0 Å². The summed E-state index contributed by atoms with van der Waals surface area (Å²) in [6, 6.07) is 14.9. The number of hydrogen-bond acceptors (Lipinski definition) is 4. The largest absolute Gasteiger partial charge is 0.453 e. The van der Waals surface area contributed by atoms with Crippen LogP contribution in [-0.2, 0) is 0 Å². The van der Waals surface area contributed by atoms with Crippen molar-refractivity contribution in [2.75, 3.05) is 18.0 Å². The standard InChI is InChI=1S/C26H22N2O3/c1-15-8-7-11-19-23(15)27-24-20(31-19)14-18(28-12-5-2-6-13-28)21-22(24)26(30)17-10-4-3-9-16(17)25(21)29/h3-4,7-11,14,27H,2,5-6,12-13H2,1H3. The predicted molar refractivity (Wildman–Crippen MR) is 126 cm³/mol. The predicted octanol–water partition coefficient (Wildman–Crippen LogP) is 5.24. The zero-order valence-electron chi connectivity index (χ0n) is 17.3. The maximum Gasteiger partial charge on any atom is 0.196 e. The van der Waals surface area contributed by atoms with E-state index in [9.17, 15) is 9.59 Å². The molecule has 5 nitrogen and oxygen atoms in total. The number of anilines is 1. The van der Waals surface area contributed by atoms with Gasteiger partial charge >= 0.3 is 0 Å². The van der Waals surface area contributed by atoms with Crippen LogP contribution in [0.5, 0.6) is 0 Å². The van der Waals surface area contributed by atoms with Crippen molar-refractivity contribution in [2.24, 2.45) is 0 Å². The molecule has 0 atom stereocenters. The van der Waals surface area contributed by atoms with E-state index in [1.807, 2.05) is 37.3 Å². The summed E-state index contributed by atoms with van der Waals surface area (Å²) in [5.74, 6) is 0. The third-order valence-electron chi connectivity index (χ3n) is 6.54. The summed E-state index contributed by atoms with van der Waals surface area (Å²) in [6.45, 7) is 3.74. The lowest BCUT2D eigenvalue weighted by Crippen LogP contribution is -2.31. The monoisotopic (exact) mass is 410 g/mol. The zero-order valence-corrected chi connectivity index (χ0v) is 17.3. The average molecular weight is 410 g/mol. The Labute approximate surface area is 177 Å². The number of benzene rings is 4. The molecule has 1 aliphatic heterocycles. The Morgan fingerprint density at radius 2 is 1.52 bits per heavy atom. The number of para-hydroxylation sites is 1. The number of aromatic nitrogens is 1. The number of fused-ring (bicyclic) bond motifs is 5. The molecule has 2 heterocycles. The van der Waals surface area contributed by atoms with Crippen molar-refractivity contribution in [3.8, 4) is 0 Å². The molecule has 0 radical (unpaired) electrons. The molecule has 1 aromatic heterocycles. The fraction of sp³-hybridized carbons (Fsp3) is 0.231. The first kappa shape index (κ1) is 18.2. The number of nitrogens with one attached hydrogen (secondary N) is 1. The van der Waals surface area contributed by atoms with Crippen LogP contribution < -0.4 is 15.8 Å². The third-order valence-corrected chi connectivity index (χ3v) is 6.54. The maximum atomic E-state index is 13.7. The van der Waals surface area contributed by atoms with Crippen molar-refractivity contribution in [1.82, 2.24) is 4.98 Å². The van der Waals surface area contributed by atoms with Crippen LogP contribution in [0.1, 0.15) is 24.8 Å². The molecule has 0 saturated carbocycles. The highest BCUT2D eigenvalue weighted by molar-refractivity contribution is 6.15. The SMILES string of the molecule is Cc1cccc2oc3cc(N4CCCCC4)c4c(=O)c5ccccc5c(=O)c4c3[nH]c12. The first-order chi connectivity index (χ1) is 15.1. The molecule has 4 aromatic carbocycles. The summed E-state index contributed by atoms with van der Waals surface area (Å²) >= 11 is 0. The van der Waals surface area contributed by atoms with E-state index in [2.05, 4.69) is 9.88 Å². The molecule has 5 aromatic rings. The van der Waals surface area contributed by atoms with E-state index < -0.39 is 0 Å². The van der Waals surface area contributed by atoms with Crippen molar-refractivity contribution in [3.05, 3.63) is 74.5 Å². The van der Waals surface area contributed by atoms with E-state index >= 15 is 0 Å². The lowest BCUT2D eigenvalue weighted by molar-refractivity contribution is 0.578. The number of piperidine rings is 1. The van der Waals surface area contributed by atoms with Gasteiger partial charge in [0, 0.05) is 29.9 Å². The topological polar surface area (TPSA) is 66.3 Å². The summed E-state index contributed by atoms with van der Waals surface area (Å²) < 4.78 is 6.27. The summed E-state index contributed by atoms with van der Waals surface area (Å²) in [7, 11) is 0. The van der Waals surface area contributed by atoms with Crippen LogP contribution in [0.25, 0.3) is 43.7 Å². The van der Waals surface area contributed by atoms with Gasteiger partial charge in [0.15, 0.2) is 22.0 Å². The van der Waals surface area contributed by atoms with Gasteiger partial charge in [0.25, 0.3) is 0 Å². The summed E-state index contributed by atoms with van der Waals surface area (Å²) in [6.07, 6.45) is 3.33. The molecule has 0 unspecified atom stereocenters. The van der Waals surface area contributed by atoms with E-state index in [0.717, 1.165) is 48.3 Å². The number of rotatable bonds is 1. The van der Waals surface area contributed by atoms with Gasteiger partial charge < -0.3 is 14.3 Å². The van der Waals surface area contributed by atoms with E-state index in [1.54, 1.807) is 18.2 Å². The van der Waals surface area contributed by atoms with Crippen LogP contribution in [0.4, 0.5) is 5.69 Å². The van der Waals surface area contributed by atoms with Gasteiger partial charge in [0.05, 0.1) is 27.5 Å². The lowest BCUT2D eigenvalue weighted by Gasteiger charge is -2.30. The van der Waals surface area contributed by atoms with Gasteiger partial charge in [-0.1, -0.05) is 36.4 Å². The lowest BCUT2D eigenvalue weighted by atomic mass is 9.98. The van der Waals surface area contributed by atoms with Crippen LogP contribution in [-0.4, -0.2) is 18.1 Å². The molecule has 0 amide bonds. The normalized spacial score (nSPS) is 14.8. The van der Waals surface area contributed by atoms with Gasteiger partial charge in [0.2, 0.25) is 0 Å². The quantitative estimate of drug-likeness (QED) is 0.303. The molecule has 6 rings (SSSR count). The van der Waals surface area contributed by atoms with Gasteiger partial charge in [-0.25, -0.2) is 0 Å². The molecule has 1 aliphatic rings. The Hall–Kier alpha value is -3.60. The van der Waals surface area contributed by atoms with Crippen molar-refractivity contribution in [3.63, 3.8) is 0 Å². The van der Waals surface area contributed by atoms with Crippen LogP contribution in [0, 0.1) is 6.92 Å². The van der Waals surface area contributed by atoms with E-state index in [0.29, 0.717) is 32.6 Å². The molecule has 1 N–H and O–H groups in total. The van der Waals surface area contributed by atoms with E-state index in [-0.39, 0.29) is 10.9 Å². The molecule has 1 saturated heterocycles. The Kier molecular flexibility index (Phi) is 3.93. The Morgan fingerprint density at radius 1 is 0.806 bits per heavy atom. The number of hydrogen-bond donors (Lipinski definition) is 1. The fourth-order valence-corrected chi connectivity index (χ4v) is 4.97.